The summed E-state index contributed by atoms with van der Waals surface area (Å²) < 4.78 is 43.8. The van der Waals surface area contributed by atoms with Crippen molar-refractivity contribution in [3.63, 3.8) is 0 Å². The number of nitrogens with one attached hydrogen (secondary N) is 1. The summed E-state index contributed by atoms with van der Waals surface area (Å²) >= 11 is 7.01. The summed E-state index contributed by atoms with van der Waals surface area (Å²) in [4.78, 5) is 16.3. The van der Waals surface area contributed by atoms with E-state index in [0.29, 0.717) is 11.3 Å². The Labute approximate surface area is 237 Å². The maximum Gasteiger partial charge on any atom is 0.248 e. The second kappa shape index (κ2) is 12.6. The van der Waals surface area contributed by atoms with E-state index < -0.39 is 15.8 Å². The fraction of sp³-hybridized carbons (Fsp3) is 0.0714. The van der Waals surface area contributed by atoms with Gasteiger partial charge in [-0.15, -0.1) is 0 Å². The van der Waals surface area contributed by atoms with E-state index >= 15 is 0 Å². The lowest BCUT2D eigenvalue weighted by molar-refractivity contribution is -0.111. The third-order valence-corrected chi connectivity index (χ3v) is 8.85. The van der Waals surface area contributed by atoms with Gasteiger partial charge in [0.05, 0.1) is 4.90 Å². The molecule has 0 radical (unpaired) electrons. The lowest BCUT2D eigenvalue weighted by Crippen LogP contribution is -2.30. The van der Waals surface area contributed by atoms with Crippen LogP contribution in [0.15, 0.2) is 111 Å². The van der Waals surface area contributed by atoms with Gasteiger partial charge in [0.25, 0.3) is 0 Å². The van der Waals surface area contributed by atoms with Crippen molar-refractivity contribution in [1.29, 1.82) is 0 Å². The summed E-state index contributed by atoms with van der Waals surface area (Å²) in [7, 11) is -3.97. The van der Waals surface area contributed by atoms with E-state index in [1.165, 1.54) is 46.8 Å². The molecule has 4 rings (SSSR count). The Morgan fingerprint density at radius 1 is 0.895 bits per heavy atom. The number of carbonyl (C=O) groups excluding carboxylic acids is 1. The lowest BCUT2D eigenvalue weighted by atomic mass is 10.2. The van der Waals surface area contributed by atoms with E-state index in [4.69, 9.17) is 0 Å². The molecule has 4 aromatic rings. The predicted molar refractivity (Wildman–Crippen MR) is 153 cm³/mol. The molecule has 0 aliphatic carbocycles. The largest absolute Gasteiger partial charge is 0.323 e. The summed E-state index contributed by atoms with van der Waals surface area (Å²) in [5.41, 5.74) is 2.67. The molecule has 0 fully saturated rings. The van der Waals surface area contributed by atoms with Crippen molar-refractivity contribution in [2.45, 2.75) is 18.0 Å². The number of nitrogens with zero attached hydrogens (tertiary/aromatic N) is 2. The van der Waals surface area contributed by atoms with Gasteiger partial charge < -0.3 is 5.32 Å². The minimum atomic E-state index is -3.97. The van der Waals surface area contributed by atoms with Gasteiger partial charge in [-0.2, -0.15) is 4.31 Å². The third kappa shape index (κ3) is 7.22. The standard InChI is InChI=1S/C28H22Br2FN3O3S/c29-26-2-1-3-27(30)25(26)19-34(18-21-4-7-22(31)8-5-21)38(36,37)24-11-9-23(10-12-24)33-28(35)13-6-20-14-16-32-17-15-20/h1-17H,18-19H2,(H,33,35)/b13-6+. The van der Waals surface area contributed by atoms with Crippen molar-refractivity contribution in [2.24, 2.45) is 0 Å². The molecule has 0 spiro atoms. The number of hydrogen-bond donors (Lipinski definition) is 1. The molecule has 1 amide bonds. The van der Waals surface area contributed by atoms with Gasteiger partial charge >= 0.3 is 0 Å². The zero-order valence-electron chi connectivity index (χ0n) is 19.9. The molecule has 194 valence electrons. The summed E-state index contributed by atoms with van der Waals surface area (Å²) in [5.74, 6) is -0.751. The highest BCUT2D eigenvalue weighted by Crippen LogP contribution is 2.30. The van der Waals surface area contributed by atoms with Crippen molar-refractivity contribution in [2.75, 3.05) is 5.32 Å². The van der Waals surface area contributed by atoms with Crippen LogP contribution in [0.4, 0.5) is 10.1 Å². The highest BCUT2D eigenvalue weighted by Gasteiger charge is 2.26. The number of anilines is 1. The van der Waals surface area contributed by atoms with E-state index in [0.717, 1.165) is 20.1 Å². The normalized spacial score (nSPS) is 11.7. The van der Waals surface area contributed by atoms with Gasteiger partial charge in [0.2, 0.25) is 15.9 Å². The van der Waals surface area contributed by atoms with Crippen LogP contribution in [0.5, 0.6) is 0 Å². The molecule has 0 saturated heterocycles. The Hall–Kier alpha value is -3.18. The minimum absolute atomic E-state index is 0.0364. The molecule has 6 nitrogen and oxygen atoms in total. The second-order valence-corrected chi connectivity index (χ2v) is 11.9. The van der Waals surface area contributed by atoms with Crippen molar-refractivity contribution in [3.05, 3.63) is 129 Å². The highest BCUT2D eigenvalue weighted by molar-refractivity contribution is 9.11. The number of rotatable bonds is 9. The second-order valence-electron chi connectivity index (χ2n) is 8.23. The molecule has 0 aliphatic heterocycles. The number of carbonyl (C=O) groups is 1. The molecule has 0 unspecified atom stereocenters. The summed E-state index contributed by atoms with van der Waals surface area (Å²) in [5, 5.41) is 2.72. The quantitative estimate of drug-likeness (QED) is 0.201. The van der Waals surface area contributed by atoms with Crippen LogP contribution in [0.2, 0.25) is 0 Å². The zero-order valence-corrected chi connectivity index (χ0v) is 23.9. The first kappa shape index (κ1) is 27.8. The maximum absolute atomic E-state index is 13.7. The molecule has 0 saturated carbocycles. The molecule has 38 heavy (non-hydrogen) atoms. The van der Waals surface area contributed by atoms with E-state index in [9.17, 15) is 17.6 Å². The highest BCUT2D eigenvalue weighted by atomic mass is 79.9. The molecule has 3 aromatic carbocycles. The molecule has 0 atom stereocenters. The van der Waals surface area contributed by atoms with Crippen molar-refractivity contribution in [3.8, 4) is 0 Å². The van der Waals surface area contributed by atoms with Crippen LogP contribution in [0.3, 0.4) is 0 Å². The number of sulfonamides is 1. The van der Waals surface area contributed by atoms with Gasteiger partial charge in [-0.1, -0.05) is 50.1 Å². The average molecular weight is 659 g/mol. The SMILES string of the molecule is O=C(/C=C/c1ccncc1)Nc1ccc(S(=O)(=O)N(Cc2ccc(F)cc2)Cc2c(Br)cccc2Br)cc1. The molecule has 1 heterocycles. The fourth-order valence-electron chi connectivity index (χ4n) is 3.57. The molecular weight excluding hydrogens is 637 g/mol. The number of pyridine rings is 1. The van der Waals surface area contributed by atoms with Crippen molar-refractivity contribution < 1.29 is 17.6 Å². The smallest absolute Gasteiger partial charge is 0.248 e. The lowest BCUT2D eigenvalue weighted by Gasteiger charge is -2.24. The van der Waals surface area contributed by atoms with Crippen molar-refractivity contribution >= 4 is 59.6 Å². The number of amides is 1. The molecular formula is C28H22Br2FN3O3S. The Bertz CT molecular complexity index is 1530. The summed E-state index contributed by atoms with van der Waals surface area (Å²) in [6.45, 7) is 0.106. The first-order valence-electron chi connectivity index (χ1n) is 11.4. The summed E-state index contributed by atoms with van der Waals surface area (Å²) in [6.07, 6.45) is 6.31. The number of hydrogen-bond acceptors (Lipinski definition) is 4. The van der Waals surface area contributed by atoms with Crippen LogP contribution in [0.1, 0.15) is 16.7 Å². The Balaban J connectivity index is 1.56. The van der Waals surface area contributed by atoms with E-state index in [1.807, 2.05) is 18.2 Å². The van der Waals surface area contributed by atoms with Gasteiger partial charge in [-0.05, 0) is 83.4 Å². The molecule has 1 N–H and O–H groups in total. The van der Waals surface area contributed by atoms with E-state index in [1.54, 1.807) is 42.7 Å². The fourth-order valence-corrected chi connectivity index (χ4v) is 6.21. The minimum Gasteiger partial charge on any atom is -0.323 e. The van der Waals surface area contributed by atoms with Crippen LogP contribution in [0, 0.1) is 5.82 Å². The van der Waals surface area contributed by atoms with Gasteiger partial charge in [-0.25, -0.2) is 12.8 Å². The maximum atomic E-state index is 13.7. The molecule has 1 aromatic heterocycles. The van der Waals surface area contributed by atoms with Crippen LogP contribution in [0.25, 0.3) is 6.08 Å². The Morgan fingerprint density at radius 3 is 2.16 bits per heavy atom. The van der Waals surface area contributed by atoms with Crippen LogP contribution in [-0.4, -0.2) is 23.6 Å². The number of halogens is 3. The molecule has 0 bridgehead atoms. The third-order valence-electron chi connectivity index (χ3n) is 5.56. The molecule has 10 heteroatoms. The molecule has 0 aliphatic rings. The van der Waals surface area contributed by atoms with E-state index in [-0.39, 0.29) is 23.9 Å². The summed E-state index contributed by atoms with van der Waals surface area (Å²) in [6, 6.07) is 20.8. The van der Waals surface area contributed by atoms with Gasteiger partial charge in [0, 0.05) is 46.2 Å². The topological polar surface area (TPSA) is 79.4 Å². The van der Waals surface area contributed by atoms with Crippen LogP contribution in [-0.2, 0) is 27.9 Å². The first-order valence-corrected chi connectivity index (χ1v) is 14.4. The van der Waals surface area contributed by atoms with Gasteiger partial charge in [-0.3, -0.25) is 9.78 Å². The Kier molecular flexibility index (Phi) is 9.22. The van der Waals surface area contributed by atoms with Crippen molar-refractivity contribution in [1.82, 2.24) is 9.29 Å². The Morgan fingerprint density at radius 2 is 1.53 bits per heavy atom. The van der Waals surface area contributed by atoms with Gasteiger partial charge in [0.15, 0.2) is 0 Å². The van der Waals surface area contributed by atoms with Crippen LogP contribution < -0.4 is 5.32 Å². The first-order chi connectivity index (χ1) is 18.2. The number of aromatic nitrogens is 1. The van der Waals surface area contributed by atoms with Crippen LogP contribution >= 0.6 is 31.9 Å². The monoisotopic (exact) mass is 657 g/mol. The van der Waals surface area contributed by atoms with Gasteiger partial charge in [0.1, 0.15) is 5.82 Å². The zero-order chi connectivity index (χ0) is 27.1. The number of benzene rings is 3. The average Bonchev–Trinajstić information content (AvgIpc) is 2.91. The predicted octanol–water partition coefficient (Wildman–Crippen LogP) is 6.79. The van der Waals surface area contributed by atoms with E-state index in [2.05, 4.69) is 42.2 Å².